The summed E-state index contributed by atoms with van der Waals surface area (Å²) in [6, 6.07) is 68.3. The number of nitrogens with zero attached hydrogens (tertiary/aromatic N) is 3. The smallest absolute Gasteiger partial charge is 0.164 e. The Morgan fingerprint density at radius 1 is 0.373 bits per heavy atom. The van der Waals surface area contributed by atoms with Crippen molar-refractivity contribution in [2.75, 3.05) is 0 Å². The first-order chi connectivity index (χ1) is 29.0. The van der Waals surface area contributed by atoms with E-state index in [-0.39, 0.29) is 5.41 Å². The van der Waals surface area contributed by atoms with Crippen LogP contribution in [-0.2, 0) is 10.8 Å². The third-order valence-electron chi connectivity index (χ3n) is 12.8. The molecule has 0 amide bonds. The molecule has 2 aliphatic carbocycles. The first-order valence-electron chi connectivity index (χ1n) is 20.3. The minimum Gasteiger partial charge on any atom is -0.208 e. The maximum Gasteiger partial charge on any atom is 0.164 e. The van der Waals surface area contributed by atoms with Gasteiger partial charge in [0.25, 0.3) is 0 Å². The minimum absolute atomic E-state index is 0.195. The van der Waals surface area contributed by atoms with E-state index in [1.54, 1.807) is 0 Å². The normalized spacial score (nSPS) is 14.2. The maximum absolute atomic E-state index is 5.32. The Hall–Kier alpha value is -7.01. The van der Waals surface area contributed by atoms with Crippen LogP contribution in [0, 0.1) is 0 Å². The third kappa shape index (κ3) is 4.84. The molecular weight excluding hydrogens is 735 g/mol. The summed E-state index contributed by atoms with van der Waals surface area (Å²) in [5.41, 5.74) is 14.8. The SMILES string of the molecule is CC1(C)c2ccccc2C2(c3ccc(-c4cccc5c4sc4ccccc45)cc3-c3c(-c4nc(-c5ccccc5)nc(-c5ccccc5)n4)cccc32)c2ccccc21. The van der Waals surface area contributed by atoms with Crippen LogP contribution in [0.2, 0.25) is 0 Å². The topological polar surface area (TPSA) is 38.7 Å². The highest BCUT2D eigenvalue weighted by molar-refractivity contribution is 7.26. The van der Waals surface area contributed by atoms with E-state index in [1.807, 2.05) is 47.7 Å². The summed E-state index contributed by atoms with van der Waals surface area (Å²) >= 11 is 1.88. The predicted octanol–water partition coefficient (Wildman–Crippen LogP) is 13.9. The standard InChI is InChI=1S/C55H37N3S/c1-54(2)43-25-10-12-27-45(43)55(46-28-13-11-26-44(46)54)42-32-31-36(37-22-15-23-39-38-21-9-14-30-48(38)59-50(37)39)33-41(42)49-40(24-16-29-47(49)55)53-57-51(34-17-5-3-6-18-34)56-52(58-53)35-19-7-4-8-20-35/h3-33H,1-2H3. The highest BCUT2D eigenvalue weighted by atomic mass is 32.1. The van der Waals surface area contributed by atoms with E-state index < -0.39 is 5.41 Å². The molecular formula is C55H37N3S. The van der Waals surface area contributed by atoms with Crippen LogP contribution < -0.4 is 0 Å². The molecule has 59 heavy (non-hydrogen) atoms. The van der Waals surface area contributed by atoms with Crippen molar-refractivity contribution < 1.29 is 0 Å². The van der Waals surface area contributed by atoms with E-state index in [9.17, 15) is 0 Å². The zero-order chi connectivity index (χ0) is 39.3. The van der Waals surface area contributed by atoms with Crippen LogP contribution in [0.3, 0.4) is 0 Å². The summed E-state index contributed by atoms with van der Waals surface area (Å²) < 4.78 is 2.61. The van der Waals surface area contributed by atoms with Crippen molar-refractivity contribution in [1.82, 2.24) is 15.0 Å². The molecule has 2 aliphatic rings. The van der Waals surface area contributed by atoms with Crippen molar-refractivity contribution in [3.63, 3.8) is 0 Å². The monoisotopic (exact) mass is 771 g/mol. The molecule has 3 nitrogen and oxygen atoms in total. The lowest BCUT2D eigenvalue weighted by Gasteiger charge is -2.46. The lowest BCUT2D eigenvalue weighted by Crippen LogP contribution is -2.40. The van der Waals surface area contributed by atoms with Gasteiger partial charge >= 0.3 is 0 Å². The molecule has 0 fully saturated rings. The van der Waals surface area contributed by atoms with Gasteiger partial charge < -0.3 is 0 Å². The van der Waals surface area contributed by atoms with E-state index in [1.165, 1.54) is 75.8 Å². The fourth-order valence-electron chi connectivity index (χ4n) is 10.2. The molecule has 278 valence electrons. The van der Waals surface area contributed by atoms with Crippen molar-refractivity contribution in [2.45, 2.75) is 24.7 Å². The van der Waals surface area contributed by atoms with E-state index in [0.29, 0.717) is 17.5 Å². The summed E-state index contributed by atoms with van der Waals surface area (Å²) in [6.07, 6.45) is 0. The Balaban J connectivity index is 1.19. The van der Waals surface area contributed by atoms with Gasteiger partial charge in [-0.05, 0) is 67.8 Å². The number of fused-ring (bicyclic) bond motifs is 12. The number of hydrogen-bond acceptors (Lipinski definition) is 4. The van der Waals surface area contributed by atoms with Crippen LogP contribution in [0.4, 0.5) is 0 Å². The van der Waals surface area contributed by atoms with Gasteiger partial charge in [0.05, 0.1) is 5.41 Å². The van der Waals surface area contributed by atoms with Crippen molar-refractivity contribution in [2.24, 2.45) is 0 Å². The fraction of sp³-hybridized carbons (Fsp3) is 0.0727. The lowest BCUT2D eigenvalue weighted by molar-refractivity contribution is 0.563. The number of aromatic nitrogens is 3. The predicted molar refractivity (Wildman–Crippen MR) is 244 cm³/mol. The van der Waals surface area contributed by atoms with E-state index >= 15 is 0 Å². The molecule has 0 radical (unpaired) electrons. The number of rotatable bonds is 4. The maximum atomic E-state index is 5.32. The van der Waals surface area contributed by atoms with Crippen molar-refractivity contribution >= 4 is 31.5 Å². The molecule has 0 saturated heterocycles. The van der Waals surface area contributed by atoms with Gasteiger partial charge in [0, 0.05) is 42.3 Å². The van der Waals surface area contributed by atoms with Crippen LogP contribution >= 0.6 is 11.3 Å². The molecule has 4 heteroatoms. The minimum atomic E-state index is -0.566. The Bertz CT molecular complexity index is 3200. The van der Waals surface area contributed by atoms with Gasteiger partial charge in [0.1, 0.15) is 0 Å². The summed E-state index contributed by atoms with van der Waals surface area (Å²) in [6.45, 7) is 4.75. The Labute approximate surface area is 347 Å². The molecule has 0 N–H and O–H groups in total. The zero-order valence-corrected chi connectivity index (χ0v) is 33.5. The lowest BCUT2D eigenvalue weighted by atomic mass is 9.55. The second-order valence-corrected chi connectivity index (χ2v) is 17.3. The van der Waals surface area contributed by atoms with Gasteiger partial charge in [-0.3, -0.25) is 0 Å². The van der Waals surface area contributed by atoms with Crippen LogP contribution in [-0.4, -0.2) is 15.0 Å². The van der Waals surface area contributed by atoms with Gasteiger partial charge in [0.15, 0.2) is 17.5 Å². The zero-order valence-electron chi connectivity index (χ0n) is 32.6. The number of hydrogen-bond donors (Lipinski definition) is 0. The molecule has 0 unspecified atom stereocenters. The molecule has 0 atom stereocenters. The second-order valence-electron chi connectivity index (χ2n) is 16.3. The van der Waals surface area contributed by atoms with Crippen LogP contribution in [0.5, 0.6) is 0 Å². The Morgan fingerprint density at radius 2 is 0.898 bits per heavy atom. The summed E-state index contributed by atoms with van der Waals surface area (Å²) in [5, 5.41) is 2.60. The van der Waals surface area contributed by atoms with Crippen molar-refractivity contribution in [3.8, 4) is 56.4 Å². The van der Waals surface area contributed by atoms with Crippen LogP contribution in [0.1, 0.15) is 47.2 Å². The molecule has 0 saturated carbocycles. The molecule has 2 heterocycles. The molecule has 12 rings (SSSR count). The molecule has 1 spiro atoms. The first kappa shape index (κ1) is 34.1. The van der Waals surface area contributed by atoms with E-state index in [4.69, 9.17) is 15.0 Å². The largest absolute Gasteiger partial charge is 0.208 e. The summed E-state index contributed by atoms with van der Waals surface area (Å²) in [5.74, 6) is 1.97. The number of thiophene rings is 1. The average Bonchev–Trinajstić information content (AvgIpc) is 3.83. The quantitative estimate of drug-likeness (QED) is 0.179. The average molecular weight is 772 g/mol. The van der Waals surface area contributed by atoms with Gasteiger partial charge in [-0.2, -0.15) is 0 Å². The highest BCUT2D eigenvalue weighted by Gasteiger charge is 2.54. The van der Waals surface area contributed by atoms with Crippen molar-refractivity contribution in [1.29, 1.82) is 0 Å². The second kappa shape index (κ2) is 12.7. The van der Waals surface area contributed by atoms with Gasteiger partial charge in [-0.25, -0.2) is 15.0 Å². The third-order valence-corrected chi connectivity index (χ3v) is 14.0. The van der Waals surface area contributed by atoms with Gasteiger partial charge in [-0.1, -0.05) is 190 Å². The number of benzene rings is 8. The molecule has 0 aliphatic heterocycles. The summed E-state index contributed by atoms with van der Waals surface area (Å²) in [4.78, 5) is 15.7. The Kier molecular flexibility index (Phi) is 7.36. The highest BCUT2D eigenvalue weighted by Crippen LogP contribution is 2.63. The van der Waals surface area contributed by atoms with E-state index in [0.717, 1.165) is 16.7 Å². The fourth-order valence-corrected chi connectivity index (χ4v) is 11.5. The van der Waals surface area contributed by atoms with Gasteiger partial charge in [0.2, 0.25) is 0 Å². The van der Waals surface area contributed by atoms with Gasteiger partial charge in [-0.15, -0.1) is 11.3 Å². The first-order valence-corrected chi connectivity index (χ1v) is 21.1. The van der Waals surface area contributed by atoms with Crippen LogP contribution in [0.15, 0.2) is 188 Å². The van der Waals surface area contributed by atoms with Crippen LogP contribution in [0.25, 0.3) is 76.6 Å². The Morgan fingerprint density at radius 3 is 1.58 bits per heavy atom. The molecule has 2 aromatic heterocycles. The van der Waals surface area contributed by atoms with Crippen molar-refractivity contribution in [3.05, 3.63) is 221 Å². The summed E-state index contributed by atoms with van der Waals surface area (Å²) in [7, 11) is 0. The molecule has 8 aromatic carbocycles. The molecule has 10 aromatic rings. The van der Waals surface area contributed by atoms with E-state index in [2.05, 4.69) is 166 Å². The molecule has 0 bridgehead atoms.